The van der Waals surface area contributed by atoms with Crippen LogP contribution in [0.25, 0.3) is 0 Å². The number of hydrogen-bond donors (Lipinski definition) is 3. The van der Waals surface area contributed by atoms with Crippen molar-refractivity contribution in [2.75, 3.05) is 19.6 Å². The summed E-state index contributed by atoms with van der Waals surface area (Å²) in [5.41, 5.74) is 5.05. The van der Waals surface area contributed by atoms with E-state index in [4.69, 9.17) is 5.73 Å². The lowest BCUT2D eigenvalue weighted by Crippen LogP contribution is -2.32. The van der Waals surface area contributed by atoms with Crippen LogP contribution >= 0.6 is 0 Å². The summed E-state index contributed by atoms with van der Waals surface area (Å²) >= 11 is 0. The molecule has 0 atom stereocenters. The van der Waals surface area contributed by atoms with Crippen molar-refractivity contribution >= 4 is 11.8 Å². The summed E-state index contributed by atoms with van der Waals surface area (Å²) < 4.78 is 0. The van der Waals surface area contributed by atoms with Crippen molar-refractivity contribution in [1.82, 2.24) is 10.6 Å². The maximum Gasteiger partial charge on any atom is 0.233 e. The molecule has 0 aromatic heterocycles. The standard InChI is InChI=1S/C7H15N3O2/c1-6(11)9-3-2-4-10-7(12)5-8/h2-5,8H2,1H3,(H,9,11)(H,10,12). The minimum absolute atomic E-state index is 0.0140. The zero-order valence-corrected chi connectivity index (χ0v) is 7.22. The lowest BCUT2D eigenvalue weighted by molar-refractivity contribution is -0.119. The Labute approximate surface area is 71.7 Å². The van der Waals surface area contributed by atoms with Gasteiger partial charge in [0.05, 0.1) is 6.54 Å². The number of rotatable bonds is 5. The van der Waals surface area contributed by atoms with Crippen LogP contribution in [0.2, 0.25) is 0 Å². The Morgan fingerprint density at radius 2 is 1.83 bits per heavy atom. The van der Waals surface area contributed by atoms with Gasteiger partial charge in [0.1, 0.15) is 0 Å². The molecule has 0 aromatic carbocycles. The second-order valence-electron chi connectivity index (χ2n) is 2.39. The lowest BCUT2D eigenvalue weighted by atomic mass is 10.4. The number of nitrogens with two attached hydrogens (primary N) is 1. The second-order valence-corrected chi connectivity index (χ2v) is 2.39. The molecule has 0 aliphatic heterocycles. The molecule has 5 nitrogen and oxygen atoms in total. The van der Waals surface area contributed by atoms with E-state index in [1.54, 1.807) is 0 Å². The molecule has 12 heavy (non-hydrogen) atoms. The summed E-state index contributed by atoms with van der Waals surface area (Å²) in [4.78, 5) is 21.0. The molecule has 0 spiro atoms. The molecule has 0 saturated heterocycles. The number of amides is 2. The smallest absolute Gasteiger partial charge is 0.233 e. The largest absolute Gasteiger partial charge is 0.356 e. The zero-order valence-electron chi connectivity index (χ0n) is 7.22. The Hall–Kier alpha value is -1.10. The van der Waals surface area contributed by atoms with Crippen LogP contribution in [-0.4, -0.2) is 31.4 Å². The van der Waals surface area contributed by atoms with Crippen LogP contribution in [-0.2, 0) is 9.59 Å². The zero-order chi connectivity index (χ0) is 9.40. The molecule has 0 radical (unpaired) electrons. The van der Waals surface area contributed by atoms with Gasteiger partial charge in [0.2, 0.25) is 11.8 Å². The van der Waals surface area contributed by atoms with Crippen LogP contribution in [0, 0.1) is 0 Å². The quantitative estimate of drug-likeness (QED) is 0.446. The molecule has 4 N–H and O–H groups in total. The van der Waals surface area contributed by atoms with Crippen LogP contribution in [0.4, 0.5) is 0 Å². The molecule has 70 valence electrons. The normalized spacial score (nSPS) is 9.17. The van der Waals surface area contributed by atoms with Gasteiger partial charge in [-0.2, -0.15) is 0 Å². The highest BCUT2D eigenvalue weighted by atomic mass is 16.2. The first-order chi connectivity index (χ1) is 5.66. The van der Waals surface area contributed by atoms with Crippen molar-refractivity contribution in [3.63, 3.8) is 0 Å². The van der Waals surface area contributed by atoms with Crippen molar-refractivity contribution in [1.29, 1.82) is 0 Å². The van der Waals surface area contributed by atoms with Crippen LogP contribution in [0.5, 0.6) is 0 Å². The Morgan fingerprint density at radius 3 is 2.33 bits per heavy atom. The van der Waals surface area contributed by atoms with Gasteiger partial charge in [0, 0.05) is 20.0 Å². The van der Waals surface area contributed by atoms with Gasteiger partial charge in [-0.3, -0.25) is 9.59 Å². The molecule has 0 aromatic rings. The van der Waals surface area contributed by atoms with Gasteiger partial charge in [-0.25, -0.2) is 0 Å². The average molecular weight is 173 g/mol. The van der Waals surface area contributed by atoms with Gasteiger partial charge in [-0.15, -0.1) is 0 Å². The number of carbonyl (C=O) groups excluding carboxylic acids is 2. The van der Waals surface area contributed by atoms with E-state index in [9.17, 15) is 9.59 Å². The fourth-order valence-electron chi connectivity index (χ4n) is 0.653. The first kappa shape index (κ1) is 10.9. The minimum Gasteiger partial charge on any atom is -0.356 e. The molecule has 0 unspecified atom stereocenters. The monoisotopic (exact) mass is 173 g/mol. The highest BCUT2D eigenvalue weighted by molar-refractivity contribution is 5.77. The van der Waals surface area contributed by atoms with Crippen molar-refractivity contribution in [2.45, 2.75) is 13.3 Å². The van der Waals surface area contributed by atoms with Gasteiger partial charge < -0.3 is 16.4 Å². The van der Waals surface area contributed by atoms with Gasteiger partial charge in [-0.1, -0.05) is 0 Å². The van der Waals surface area contributed by atoms with Crippen LogP contribution < -0.4 is 16.4 Å². The highest BCUT2D eigenvalue weighted by Crippen LogP contribution is 1.73. The van der Waals surface area contributed by atoms with Gasteiger partial charge in [0.15, 0.2) is 0 Å². The molecule has 0 rings (SSSR count). The van der Waals surface area contributed by atoms with E-state index >= 15 is 0 Å². The van der Waals surface area contributed by atoms with E-state index in [1.807, 2.05) is 0 Å². The molecular weight excluding hydrogens is 158 g/mol. The number of carbonyl (C=O) groups is 2. The van der Waals surface area contributed by atoms with Crippen molar-refractivity contribution in [3.8, 4) is 0 Å². The Balaban J connectivity index is 3.11. The molecule has 2 amide bonds. The first-order valence-electron chi connectivity index (χ1n) is 3.88. The fraction of sp³-hybridized carbons (Fsp3) is 0.714. The first-order valence-corrected chi connectivity index (χ1v) is 3.88. The summed E-state index contributed by atoms with van der Waals surface area (Å²) in [5.74, 6) is -0.224. The van der Waals surface area contributed by atoms with Crippen molar-refractivity contribution in [3.05, 3.63) is 0 Å². The van der Waals surface area contributed by atoms with E-state index in [2.05, 4.69) is 10.6 Å². The third-order valence-electron chi connectivity index (χ3n) is 1.24. The van der Waals surface area contributed by atoms with Crippen LogP contribution in [0.3, 0.4) is 0 Å². The number of nitrogens with one attached hydrogen (secondary N) is 2. The Bertz CT molecular complexity index is 159. The summed E-state index contributed by atoms with van der Waals surface area (Å²) in [6.07, 6.45) is 0.728. The Kier molecular flexibility index (Phi) is 6.00. The maximum atomic E-state index is 10.6. The maximum absolute atomic E-state index is 10.6. The lowest BCUT2D eigenvalue weighted by Gasteiger charge is -2.03. The molecule has 0 fully saturated rings. The van der Waals surface area contributed by atoms with E-state index in [0.717, 1.165) is 6.42 Å². The van der Waals surface area contributed by atoms with E-state index in [0.29, 0.717) is 13.1 Å². The fourth-order valence-corrected chi connectivity index (χ4v) is 0.653. The predicted octanol–water partition coefficient (Wildman–Crippen LogP) is -1.41. The SMILES string of the molecule is CC(=O)NCCCNC(=O)CN. The summed E-state index contributed by atoms with van der Waals surface area (Å²) in [6.45, 7) is 2.61. The van der Waals surface area contributed by atoms with E-state index < -0.39 is 0 Å². The average Bonchev–Trinajstić information content (AvgIpc) is 2.03. The van der Waals surface area contributed by atoms with E-state index in [-0.39, 0.29) is 18.4 Å². The summed E-state index contributed by atoms with van der Waals surface area (Å²) in [5, 5.41) is 5.21. The second kappa shape index (κ2) is 6.60. The third kappa shape index (κ3) is 7.01. The van der Waals surface area contributed by atoms with E-state index in [1.165, 1.54) is 6.92 Å². The molecule has 0 aliphatic carbocycles. The number of hydrogen-bond acceptors (Lipinski definition) is 3. The molecule has 0 aliphatic rings. The molecule has 0 bridgehead atoms. The highest BCUT2D eigenvalue weighted by Gasteiger charge is 1.95. The summed E-state index contributed by atoms with van der Waals surface area (Å²) in [7, 11) is 0. The topological polar surface area (TPSA) is 84.2 Å². The molecule has 0 heterocycles. The minimum atomic E-state index is -0.169. The third-order valence-corrected chi connectivity index (χ3v) is 1.24. The van der Waals surface area contributed by atoms with Crippen LogP contribution in [0.1, 0.15) is 13.3 Å². The predicted molar refractivity (Wildman–Crippen MR) is 45.4 cm³/mol. The molecule has 0 saturated carbocycles. The summed E-state index contributed by atoms with van der Waals surface area (Å²) in [6, 6.07) is 0. The van der Waals surface area contributed by atoms with Crippen molar-refractivity contribution in [2.24, 2.45) is 5.73 Å². The Morgan fingerprint density at radius 1 is 1.25 bits per heavy atom. The molecule has 5 heteroatoms. The van der Waals surface area contributed by atoms with Gasteiger partial charge >= 0.3 is 0 Å². The van der Waals surface area contributed by atoms with Gasteiger partial charge in [0.25, 0.3) is 0 Å². The van der Waals surface area contributed by atoms with Crippen LogP contribution in [0.15, 0.2) is 0 Å². The van der Waals surface area contributed by atoms with Crippen molar-refractivity contribution < 1.29 is 9.59 Å². The van der Waals surface area contributed by atoms with Gasteiger partial charge in [-0.05, 0) is 6.42 Å². The molecular formula is C7H15N3O2.